The smallest absolute Gasteiger partial charge is 0.233 e. The van der Waals surface area contributed by atoms with E-state index in [1.165, 1.54) is 0 Å². The van der Waals surface area contributed by atoms with E-state index in [0.29, 0.717) is 11.6 Å². The Bertz CT molecular complexity index is 485. The first-order chi connectivity index (χ1) is 9.59. The molecule has 0 radical (unpaired) electrons. The van der Waals surface area contributed by atoms with Crippen molar-refractivity contribution in [2.75, 3.05) is 19.6 Å². The monoisotopic (exact) mass is 294 g/mol. The van der Waals surface area contributed by atoms with Crippen molar-refractivity contribution < 1.29 is 4.79 Å². The average Bonchev–Trinajstić information content (AvgIpc) is 2.40. The third-order valence-corrected chi connectivity index (χ3v) is 4.88. The summed E-state index contributed by atoms with van der Waals surface area (Å²) in [7, 11) is 0. The summed E-state index contributed by atoms with van der Waals surface area (Å²) < 4.78 is 0. The molecule has 4 heteroatoms. The van der Waals surface area contributed by atoms with E-state index in [1.807, 2.05) is 43.0 Å². The summed E-state index contributed by atoms with van der Waals surface area (Å²) in [6, 6.07) is 7.69. The van der Waals surface area contributed by atoms with Crippen LogP contribution in [0, 0.1) is 5.92 Å². The second kappa shape index (κ2) is 6.15. The van der Waals surface area contributed by atoms with E-state index >= 15 is 0 Å². The molecule has 20 heavy (non-hydrogen) atoms. The molecule has 2 rings (SSSR count). The second-order valence-electron chi connectivity index (χ2n) is 5.43. The molecule has 0 unspecified atom stereocenters. The van der Waals surface area contributed by atoms with Crippen LogP contribution >= 0.6 is 11.6 Å². The van der Waals surface area contributed by atoms with Crippen LogP contribution in [-0.4, -0.2) is 30.4 Å². The maximum atomic E-state index is 13.0. The number of benzene rings is 1. The topological polar surface area (TPSA) is 46.3 Å². The molecular weight excluding hydrogens is 272 g/mol. The molecule has 0 bridgehead atoms. The van der Waals surface area contributed by atoms with Gasteiger partial charge in [0.25, 0.3) is 0 Å². The van der Waals surface area contributed by atoms with Gasteiger partial charge in [-0.15, -0.1) is 0 Å². The highest BCUT2D eigenvalue weighted by Crippen LogP contribution is 2.50. The van der Waals surface area contributed by atoms with E-state index < -0.39 is 5.41 Å². The Labute approximate surface area is 126 Å². The van der Waals surface area contributed by atoms with E-state index in [2.05, 4.69) is 0 Å². The van der Waals surface area contributed by atoms with Crippen LogP contribution in [0.1, 0.15) is 32.3 Å². The second-order valence-corrected chi connectivity index (χ2v) is 5.87. The molecule has 110 valence electrons. The van der Waals surface area contributed by atoms with Crippen LogP contribution < -0.4 is 5.73 Å². The molecule has 1 aromatic rings. The number of hydrogen-bond acceptors (Lipinski definition) is 2. The van der Waals surface area contributed by atoms with Crippen molar-refractivity contribution in [1.29, 1.82) is 0 Å². The van der Waals surface area contributed by atoms with Gasteiger partial charge in [-0.1, -0.05) is 23.7 Å². The van der Waals surface area contributed by atoms with Crippen molar-refractivity contribution in [2.45, 2.75) is 32.1 Å². The van der Waals surface area contributed by atoms with E-state index in [0.717, 1.165) is 31.5 Å². The third kappa shape index (κ3) is 2.33. The normalized spacial score (nSPS) is 25.1. The highest BCUT2D eigenvalue weighted by molar-refractivity contribution is 6.30. The number of carbonyl (C=O) groups excluding carboxylic acids is 1. The first-order valence-electron chi connectivity index (χ1n) is 7.35. The highest BCUT2D eigenvalue weighted by Gasteiger charge is 2.54. The molecule has 1 aliphatic rings. The minimum Gasteiger partial charge on any atom is -0.342 e. The molecule has 2 atom stereocenters. The maximum absolute atomic E-state index is 13.0. The Morgan fingerprint density at radius 3 is 2.60 bits per heavy atom. The van der Waals surface area contributed by atoms with Crippen LogP contribution in [0.15, 0.2) is 24.3 Å². The van der Waals surface area contributed by atoms with Crippen LogP contribution in [0.2, 0.25) is 5.02 Å². The molecule has 1 aliphatic carbocycles. The van der Waals surface area contributed by atoms with Gasteiger partial charge in [0, 0.05) is 18.1 Å². The number of likely N-dealkylation sites (N-methyl/N-ethyl adjacent to an activating group) is 1. The number of rotatable bonds is 5. The number of amides is 1. The SMILES string of the molecule is CCN(CC)C(=O)[C@@]1(c2cccc(Cl)c2)CC[C@H]1CN. The van der Waals surface area contributed by atoms with Gasteiger partial charge in [-0.05, 0) is 56.8 Å². The van der Waals surface area contributed by atoms with Gasteiger partial charge >= 0.3 is 0 Å². The van der Waals surface area contributed by atoms with Crippen molar-refractivity contribution in [3.63, 3.8) is 0 Å². The Hall–Kier alpha value is -1.06. The first-order valence-corrected chi connectivity index (χ1v) is 7.73. The molecule has 1 fully saturated rings. The Morgan fingerprint density at radius 1 is 1.45 bits per heavy atom. The summed E-state index contributed by atoms with van der Waals surface area (Å²) in [6.07, 6.45) is 1.88. The highest BCUT2D eigenvalue weighted by atomic mass is 35.5. The minimum absolute atomic E-state index is 0.200. The molecule has 1 amide bonds. The van der Waals surface area contributed by atoms with Crippen LogP contribution in [-0.2, 0) is 10.2 Å². The maximum Gasteiger partial charge on any atom is 0.233 e. The lowest BCUT2D eigenvalue weighted by Gasteiger charge is -2.50. The average molecular weight is 295 g/mol. The summed E-state index contributed by atoms with van der Waals surface area (Å²) in [6.45, 7) is 6.04. The molecule has 0 heterocycles. The quantitative estimate of drug-likeness (QED) is 0.908. The number of nitrogens with zero attached hydrogens (tertiary/aromatic N) is 1. The fourth-order valence-corrected chi connectivity index (χ4v) is 3.49. The molecule has 0 aliphatic heterocycles. The zero-order valence-electron chi connectivity index (χ0n) is 12.2. The summed E-state index contributed by atoms with van der Waals surface area (Å²) in [5.41, 5.74) is 6.45. The summed E-state index contributed by atoms with van der Waals surface area (Å²) >= 11 is 6.12. The van der Waals surface area contributed by atoms with Crippen LogP contribution in [0.25, 0.3) is 0 Å². The number of carbonyl (C=O) groups is 1. The summed E-state index contributed by atoms with van der Waals surface area (Å²) in [5.74, 6) is 0.417. The molecule has 2 N–H and O–H groups in total. The third-order valence-electron chi connectivity index (χ3n) is 4.64. The van der Waals surface area contributed by atoms with Gasteiger partial charge in [0.15, 0.2) is 0 Å². The standard InChI is InChI=1S/C16H23ClN2O/c1-3-19(4-2)15(20)16(9-8-13(16)11-18)12-6-5-7-14(17)10-12/h5-7,10,13H,3-4,8-9,11,18H2,1-2H3/t13-,16+/m0/s1. The number of nitrogens with two attached hydrogens (primary N) is 1. The lowest BCUT2D eigenvalue weighted by Crippen LogP contribution is -2.58. The van der Waals surface area contributed by atoms with Crippen molar-refractivity contribution in [2.24, 2.45) is 11.7 Å². The Kier molecular flexibility index (Phi) is 4.71. The molecule has 1 aromatic carbocycles. The lowest BCUT2D eigenvalue weighted by atomic mass is 9.56. The van der Waals surface area contributed by atoms with E-state index in [4.69, 9.17) is 17.3 Å². The summed E-state index contributed by atoms with van der Waals surface area (Å²) in [4.78, 5) is 14.9. The molecular formula is C16H23ClN2O. The Balaban J connectivity index is 2.44. The van der Waals surface area contributed by atoms with Gasteiger partial charge < -0.3 is 10.6 Å². The van der Waals surface area contributed by atoms with Gasteiger partial charge in [0.05, 0.1) is 5.41 Å². The Morgan fingerprint density at radius 2 is 2.15 bits per heavy atom. The predicted molar refractivity (Wildman–Crippen MR) is 82.8 cm³/mol. The molecule has 0 aromatic heterocycles. The fourth-order valence-electron chi connectivity index (χ4n) is 3.30. The number of hydrogen-bond donors (Lipinski definition) is 1. The van der Waals surface area contributed by atoms with E-state index in [-0.39, 0.29) is 11.8 Å². The van der Waals surface area contributed by atoms with Crippen LogP contribution in [0.4, 0.5) is 0 Å². The lowest BCUT2D eigenvalue weighted by molar-refractivity contribution is -0.144. The van der Waals surface area contributed by atoms with Gasteiger partial charge in [0.2, 0.25) is 5.91 Å². The van der Waals surface area contributed by atoms with E-state index in [1.54, 1.807) is 0 Å². The molecule has 0 saturated heterocycles. The van der Waals surface area contributed by atoms with Crippen LogP contribution in [0.3, 0.4) is 0 Å². The number of halogens is 1. The van der Waals surface area contributed by atoms with E-state index in [9.17, 15) is 4.79 Å². The van der Waals surface area contributed by atoms with Gasteiger partial charge in [-0.25, -0.2) is 0 Å². The fraction of sp³-hybridized carbons (Fsp3) is 0.562. The van der Waals surface area contributed by atoms with Crippen molar-refractivity contribution in [1.82, 2.24) is 4.90 Å². The largest absolute Gasteiger partial charge is 0.342 e. The van der Waals surface area contributed by atoms with Crippen molar-refractivity contribution in [3.8, 4) is 0 Å². The van der Waals surface area contributed by atoms with Crippen LogP contribution in [0.5, 0.6) is 0 Å². The predicted octanol–water partition coefficient (Wildman–Crippen LogP) is 2.81. The van der Waals surface area contributed by atoms with Gasteiger partial charge in [-0.3, -0.25) is 4.79 Å². The van der Waals surface area contributed by atoms with Gasteiger partial charge in [-0.2, -0.15) is 0 Å². The molecule has 1 saturated carbocycles. The zero-order chi connectivity index (χ0) is 14.8. The minimum atomic E-state index is -0.467. The van der Waals surface area contributed by atoms with Gasteiger partial charge in [0.1, 0.15) is 0 Å². The molecule has 3 nitrogen and oxygen atoms in total. The zero-order valence-corrected chi connectivity index (χ0v) is 13.0. The first kappa shape index (κ1) is 15.3. The van der Waals surface area contributed by atoms with Crippen molar-refractivity contribution in [3.05, 3.63) is 34.9 Å². The summed E-state index contributed by atoms with van der Waals surface area (Å²) in [5, 5.41) is 0.678. The molecule has 0 spiro atoms. The van der Waals surface area contributed by atoms with Crippen molar-refractivity contribution >= 4 is 17.5 Å².